The average molecular weight is 469 g/mol. The number of amides is 2. The van der Waals surface area contributed by atoms with Gasteiger partial charge >= 0.3 is 0 Å². The van der Waals surface area contributed by atoms with E-state index in [0.717, 1.165) is 18.4 Å². The molecule has 0 unspecified atom stereocenters. The number of ether oxygens (including phenoxy) is 1. The van der Waals surface area contributed by atoms with Gasteiger partial charge in [0.1, 0.15) is 0 Å². The second-order valence-electron chi connectivity index (χ2n) is 7.82. The number of hydrogen-bond donors (Lipinski definition) is 1. The topological polar surface area (TPSA) is 97.6 Å². The lowest BCUT2D eigenvalue weighted by atomic mass is 10.1. The van der Waals surface area contributed by atoms with Crippen molar-refractivity contribution < 1.29 is 18.8 Å². The fraction of sp³-hybridized carbons (Fsp3) is 0.333. The predicted octanol–water partition coefficient (Wildman–Crippen LogP) is 3.72. The maximum atomic E-state index is 13.2. The molecule has 1 atom stereocenters. The van der Waals surface area contributed by atoms with E-state index in [4.69, 9.17) is 20.9 Å². The summed E-state index contributed by atoms with van der Waals surface area (Å²) in [5.74, 6) is -0.0422. The molecular formula is C24H25ClN4O4. The molecule has 0 radical (unpaired) electrons. The van der Waals surface area contributed by atoms with Crippen molar-refractivity contribution in [2.45, 2.75) is 31.9 Å². The lowest BCUT2D eigenvalue weighted by Crippen LogP contribution is -2.40. The lowest BCUT2D eigenvalue weighted by molar-refractivity contribution is -0.121. The van der Waals surface area contributed by atoms with Gasteiger partial charge in [-0.15, -0.1) is 0 Å². The molecule has 1 fully saturated rings. The van der Waals surface area contributed by atoms with Gasteiger partial charge in [0, 0.05) is 56.7 Å². The van der Waals surface area contributed by atoms with E-state index in [1.807, 2.05) is 24.3 Å². The quantitative estimate of drug-likeness (QED) is 0.514. The predicted molar refractivity (Wildman–Crippen MR) is 123 cm³/mol. The molecule has 0 aliphatic carbocycles. The number of benzene rings is 1. The number of rotatable bonds is 9. The number of carbonyl (C=O) groups excluding carboxylic acids is 2. The summed E-state index contributed by atoms with van der Waals surface area (Å²) in [5.41, 5.74) is 1.78. The van der Waals surface area contributed by atoms with Gasteiger partial charge in [-0.3, -0.25) is 14.6 Å². The summed E-state index contributed by atoms with van der Waals surface area (Å²) in [6.45, 7) is 1.73. The van der Waals surface area contributed by atoms with Crippen molar-refractivity contribution in [1.29, 1.82) is 0 Å². The van der Waals surface area contributed by atoms with Gasteiger partial charge in [-0.1, -0.05) is 28.9 Å². The molecule has 1 saturated heterocycles. The van der Waals surface area contributed by atoms with Crippen LogP contribution in [0.2, 0.25) is 5.02 Å². The summed E-state index contributed by atoms with van der Waals surface area (Å²) in [6, 6.07) is 12.5. The third-order valence-corrected chi connectivity index (χ3v) is 5.78. The van der Waals surface area contributed by atoms with Crippen LogP contribution in [0.15, 0.2) is 59.4 Å². The number of nitrogens with one attached hydrogen (secondary N) is 1. The van der Waals surface area contributed by atoms with Gasteiger partial charge in [-0.05, 0) is 42.7 Å². The summed E-state index contributed by atoms with van der Waals surface area (Å²) < 4.78 is 11.1. The Morgan fingerprint density at radius 1 is 1.18 bits per heavy atom. The molecule has 0 spiro atoms. The number of carbonyl (C=O) groups is 2. The zero-order chi connectivity index (χ0) is 23.0. The van der Waals surface area contributed by atoms with E-state index < -0.39 is 0 Å². The molecule has 33 heavy (non-hydrogen) atoms. The zero-order valence-electron chi connectivity index (χ0n) is 18.1. The molecule has 2 aromatic heterocycles. The summed E-state index contributed by atoms with van der Waals surface area (Å²) in [6.07, 6.45) is 5.31. The SMILES string of the molecule is O=C(CCN(C[C@H]1CCCO1)C(=O)c1cc(-c2ccccc2Cl)on1)NCc1ccncc1. The van der Waals surface area contributed by atoms with Crippen LogP contribution < -0.4 is 5.32 Å². The van der Waals surface area contributed by atoms with Crippen LogP contribution in [0.4, 0.5) is 0 Å². The first kappa shape index (κ1) is 22.9. The van der Waals surface area contributed by atoms with E-state index in [1.54, 1.807) is 35.5 Å². The Kier molecular flexibility index (Phi) is 7.70. The molecule has 8 nitrogen and oxygen atoms in total. The molecule has 0 saturated carbocycles. The summed E-state index contributed by atoms with van der Waals surface area (Å²) in [7, 11) is 0. The molecule has 1 N–H and O–H groups in total. The Morgan fingerprint density at radius 2 is 2.00 bits per heavy atom. The number of aromatic nitrogens is 2. The largest absolute Gasteiger partial charge is 0.376 e. The van der Waals surface area contributed by atoms with Crippen LogP contribution >= 0.6 is 11.6 Å². The van der Waals surface area contributed by atoms with E-state index in [0.29, 0.717) is 36.0 Å². The van der Waals surface area contributed by atoms with Crippen LogP contribution in [0.3, 0.4) is 0 Å². The Bertz CT molecular complexity index is 1080. The monoisotopic (exact) mass is 468 g/mol. The van der Waals surface area contributed by atoms with Gasteiger partial charge in [0.2, 0.25) is 5.91 Å². The number of halogens is 1. The van der Waals surface area contributed by atoms with Crippen LogP contribution in [-0.4, -0.2) is 52.7 Å². The Balaban J connectivity index is 1.41. The van der Waals surface area contributed by atoms with Crippen molar-refractivity contribution in [2.24, 2.45) is 0 Å². The van der Waals surface area contributed by atoms with Crippen molar-refractivity contribution in [3.05, 3.63) is 71.1 Å². The van der Waals surface area contributed by atoms with Crippen molar-refractivity contribution in [3.8, 4) is 11.3 Å². The van der Waals surface area contributed by atoms with Crippen LogP contribution in [0, 0.1) is 0 Å². The Morgan fingerprint density at radius 3 is 2.76 bits per heavy atom. The van der Waals surface area contributed by atoms with Gasteiger partial charge in [-0.25, -0.2) is 0 Å². The van der Waals surface area contributed by atoms with Gasteiger partial charge in [0.05, 0.1) is 11.1 Å². The highest BCUT2D eigenvalue weighted by atomic mass is 35.5. The molecule has 3 aromatic rings. The van der Waals surface area contributed by atoms with E-state index in [1.165, 1.54) is 0 Å². The minimum absolute atomic E-state index is 0.0521. The maximum Gasteiger partial charge on any atom is 0.276 e. The average Bonchev–Trinajstić information content (AvgIpc) is 3.53. The second kappa shape index (κ2) is 11.1. The van der Waals surface area contributed by atoms with Crippen molar-refractivity contribution in [1.82, 2.24) is 20.4 Å². The summed E-state index contributed by atoms with van der Waals surface area (Å²) in [5, 5.41) is 7.34. The Labute approximate surface area is 196 Å². The van der Waals surface area contributed by atoms with E-state index in [2.05, 4.69) is 15.5 Å². The van der Waals surface area contributed by atoms with Crippen molar-refractivity contribution in [3.63, 3.8) is 0 Å². The summed E-state index contributed by atoms with van der Waals surface area (Å²) >= 11 is 6.23. The minimum Gasteiger partial charge on any atom is -0.376 e. The first-order valence-corrected chi connectivity index (χ1v) is 11.3. The highest BCUT2D eigenvalue weighted by Crippen LogP contribution is 2.28. The smallest absolute Gasteiger partial charge is 0.276 e. The molecular weight excluding hydrogens is 444 g/mol. The fourth-order valence-electron chi connectivity index (χ4n) is 3.66. The second-order valence-corrected chi connectivity index (χ2v) is 8.23. The van der Waals surface area contributed by atoms with Gasteiger partial charge in [0.25, 0.3) is 5.91 Å². The lowest BCUT2D eigenvalue weighted by Gasteiger charge is -2.24. The molecule has 0 bridgehead atoms. The van der Waals surface area contributed by atoms with Crippen LogP contribution in [-0.2, 0) is 16.1 Å². The molecule has 1 aliphatic heterocycles. The van der Waals surface area contributed by atoms with E-state index in [-0.39, 0.29) is 36.6 Å². The molecule has 2 amide bonds. The van der Waals surface area contributed by atoms with Crippen LogP contribution in [0.25, 0.3) is 11.3 Å². The minimum atomic E-state index is -0.311. The number of hydrogen-bond acceptors (Lipinski definition) is 6. The molecule has 1 aromatic carbocycles. The van der Waals surface area contributed by atoms with Gasteiger partial charge in [-0.2, -0.15) is 0 Å². The number of pyridine rings is 1. The fourth-order valence-corrected chi connectivity index (χ4v) is 3.89. The first-order chi connectivity index (χ1) is 16.1. The standard InChI is InChI=1S/C24H25ClN4O4/c25-20-6-2-1-5-19(20)22-14-21(28-33-22)24(31)29(16-18-4-3-13-32-18)12-9-23(30)27-15-17-7-10-26-11-8-17/h1-2,5-8,10-11,14,18H,3-4,9,12-13,15-16H2,(H,27,30)/t18-/m1/s1. The molecule has 3 heterocycles. The highest BCUT2D eigenvalue weighted by molar-refractivity contribution is 6.33. The van der Waals surface area contributed by atoms with Crippen LogP contribution in [0.5, 0.6) is 0 Å². The summed E-state index contributed by atoms with van der Waals surface area (Å²) in [4.78, 5) is 31.2. The first-order valence-electron chi connectivity index (χ1n) is 10.9. The van der Waals surface area contributed by atoms with E-state index >= 15 is 0 Å². The molecule has 4 rings (SSSR count). The molecule has 9 heteroatoms. The molecule has 172 valence electrons. The van der Waals surface area contributed by atoms with Crippen LogP contribution in [0.1, 0.15) is 35.3 Å². The van der Waals surface area contributed by atoms with Crippen molar-refractivity contribution >= 4 is 23.4 Å². The zero-order valence-corrected chi connectivity index (χ0v) is 18.8. The third-order valence-electron chi connectivity index (χ3n) is 5.45. The molecule has 1 aliphatic rings. The van der Waals surface area contributed by atoms with Gasteiger partial charge < -0.3 is 19.5 Å². The van der Waals surface area contributed by atoms with E-state index in [9.17, 15) is 9.59 Å². The maximum absolute atomic E-state index is 13.2. The normalized spacial score (nSPS) is 15.4. The number of nitrogens with zero attached hydrogens (tertiary/aromatic N) is 3. The Hall–Kier alpha value is -3.23. The van der Waals surface area contributed by atoms with Gasteiger partial charge in [0.15, 0.2) is 11.5 Å². The van der Waals surface area contributed by atoms with Crippen molar-refractivity contribution in [2.75, 3.05) is 19.7 Å². The highest BCUT2D eigenvalue weighted by Gasteiger charge is 2.26. The third kappa shape index (κ3) is 6.18.